The fourth-order valence-corrected chi connectivity index (χ4v) is 5.75. The molecule has 0 saturated carbocycles. The van der Waals surface area contributed by atoms with E-state index in [2.05, 4.69) is 55.4 Å². The van der Waals surface area contributed by atoms with Gasteiger partial charge in [-0.2, -0.15) is 0 Å². The van der Waals surface area contributed by atoms with Gasteiger partial charge in [0.2, 0.25) is 16.2 Å². The molecule has 2 aromatic carbocycles. The Morgan fingerprint density at radius 3 is 2.51 bits per heavy atom. The molecule has 0 radical (unpaired) electrons. The first kappa shape index (κ1) is 26.7. The van der Waals surface area contributed by atoms with Gasteiger partial charge in [0.05, 0.1) is 13.2 Å². The Labute approximate surface area is 234 Å². The minimum absolute atomic E-state index is 0.0429. The summed E-state index contributed by atoms with van der Waals surface area (Å²) in [5, 5.41) is 17.3. The number of carbonyl (C=O) groups is 1. The Kier molecular flexibility index (Phi) is 8.78. The SMILES string of the molecule is CCOc1ccc(NCc2cccn2-c2nnc(N3CCC(C(=O)NC[C@H](C)c4ccccc4)CC3)s2)cc1. The average molecular weight is 545 g/mol. The molecule has 1 aliphatic rings. The van der Waals surface area contributed by atoms with Crippen LogP contribution < -0.4 is 20.3 Å². The van der Waals surface area contributed by atoms with Crippen LogP contribution in [0.5, 0.6) is 5.75 Å². The molecule has 4 aromatic rings. The van der Waals surface area contributed by atoms with Crippen molar-refractivity contribution in [2.45, 2.75) is 39.2 Å². The highest BCUT2D eigenvalue weighted by Gasteiger charge is 2.27. The fraction of sp³-hybridized carbons (Fsp3) is 0.367. The van der Waals surface area contributed by atoms with Crippen molar-refractivity contribution in [3.8, 4) is 10.9 Å². The topological polar surface area (TPSA) is 84.3 Å². The van der Waals surface area contributed by atoms with E-state index in [1.54, 1.807) is 11.3 Å². The van der Waals surface area contributed by atoms with Crippen LogP contribution in [0.1, 0.15) is 43.9 Å². The van der Waals surface area contributed by atoms with Gasteiger partial charge in [-0.25, -0.2) is 0 Å². The number of ether oxygens (including phenoxy) is 1. The van der Waals surface area contributed by atoms with Crippen LogP contribution in [0.2, 0.25) is 0 Å². The largest absolute Gasteiger partial charge is 0.494 e. The number of carbonyl (C=O) groups excluding carboxylic acids is 1. The lowest BCUT2D eigenvalue weighted by atomic mass is 9.95. The summed E-state index contributed by atoms with van der Waals surface area (Å²) in [6.45, 7) is 7.73. The minimum atomic E-state index is 0.0429. The number of anilines is 2. The summed E-state index contributed by atoms with van der Waals surface area (Å²) in [6, 6.07) is 22.4. The molecule has 0 aliphatic carbocycles. The van der Waals surface area contributed by atoms with Gasteiger partial charge in [0.1, 0.15) is 5.75 Å². The van der Waals surface area contributed by atoms with E-state index in [1.807, 2.05) is 61.7 Å². The van der Waals surface area contributed by atoms with Crippen LogP contribution in [0.15, 0.2) is 72.9 Å². The number of nitrogens with one attached hydrogen (secondary N) is 2. The third-order valence-electron chi connectivity index (χ3n) is 7.17. The van der Waals surface area contributed by atoms with Gasteiger partial charge in [-0.1, -0.05) is 48.6 Å². The van der Waals surface area contributed by atoms with Gasteiger partial charge in [-0.3, -0.25) is 9.36 Å². The van der Waals surface area contributed by atoms with Crippen LogP contribution in [0.25, 0.3) is 5.13 Å². The summed E-state index contributed by atoms with van der Waals surface area (Å²) in [4.78, 5) is 15.1. The predicted molar refractivity (Wildman–Crippen MR) is 157 cm³/mol. The maximum absolute atomic E-state index is 12.8. The van der Waals surface area contributed by atoms with E-state index in [-0.39, 0.29) is 11.8 Å². The van der Waals surface area contributed by atoms with Crippen LogP contribution in [0.4, 0.5) is 10.8 Å². The second-order valence-electron chi connectivity index (χ2n) is 9.87. The highest BCUT2D eigenvalue weighted by Crippen LogP contribution is 2.29. The normalized spacial score (nSPS) is 14.7. The predicted octanol–water partition coefficient (Wildman–Crippen LogP) is 5.48. The summed E-state index contributed by atoms with van der Waals surface area (Å²) in [7, 11) is 0. The molecule has 5 rings (SSSR count). The Morgan fingerprint density at radius 1 is 1.03 bits per heavy atom. The number of aromatic nitrogens is 3. The third kappa shape index (κ3) is 6.78. The highest BCUT2D eigenvalue weighted by molar-refractivity contribution is 7.17. The zero-order valence-electron chi connectivity index (χ0n) is 22.5. The highest BCUT2D eigenvalue weighted by atomic mass is 32.1. The van der Waals surface area contributed by atoms with E-state index in [4.69, 9.17) is 4.74 Å². The van der Waals surface area contributed by atoms with Gasteiger partial charge in [0.25, 0.3) is 0 Å². The van der Waals surface area contributed by atoms with Crippen molar-refractivity contribution in [1.82, 2.24) is 20.1 Å². The number of nitrogens with zero attached hydrogens (tertiary/aromatic N) is 4. The molecule has 39 heavy (non-hydrogen) atoms. The van der Waals surface area contributed by atoms with Crippen molar-refractivity contribution in [2.24, 2.45) is 5.92 Å². The van der Waals surface area contributed by atoms with E-state index in [9.17, 15) is 4.79 Å². The number of hydrogen-bond acceptors (Lipinski definition) is 7. The fourth-order valence-electron chi connectivity index (χ4n) is 4.84. The first-order valence-electron chi connectivity index (χ1n) is 13.6. The lowest BCUT2D eigenvalue weighted by molar-refractivity contribution is -0.125. The molecule has 2 aromatic heterocycles. The molecular weight excluding hydrogens is 508 g/mol. The van der Waals surface area contributed by atoms with Crippen molar-refractivity contribution in [3.63, 3.8) is 0 Å². The van der Waals surface area contributed by atoms with Crippen LogP contribution in [-0.4, -0.2) is 46.9 Å². The minimum Gasteiger partial charge on any atom is -0.494 e. The zero-order chi connectivity index (χ0) is 27.0. The molecule has 0 spiro atoms. The van der Waals surface area contributed by atoms with Crippen molar-refractivity contribution < 1.29 is 9.53 Å². The monoisotopic (exact) mass is 544 g/mol. The van der Waals surface area contributed by atoms with Crippen molar-refractivity contribution in [3.05, 3.63) is 84.2 Å². The lowest BCUT2D eigenvalue weighted by Gasteiger charge is -2.30. The van der Waals surface area contributed by atoms with Gasteiger partial charge in [0, 0.05) is 43.1 Å². The molecular formula is C30H36N6O2S. The van der Waals surface area contributed by atoms with Crippen molar-refractivity contribution in [2.75, 3.05) is 36.5 Å². The first-order valence-corrected chi connectivity index (χ1v) is 14.5. The Bertz CT molecular complexity index is 1330. The molecule has 3 heterocycles. The number of benzene rings is 2. The van der Waals surface area contributed by atoms with Crippen LogP contribution in [-0.2, 0) is 11.3 Å². The van der Waals surface area contributed by atoms with Gasteiger partial charge in [-0.05, 0) is 67.6 Å². The number of rotatable bonds is 11. The molecule has 9 heteroatoms. The van der Waals surface area contributed by atoms with Crippen LogP contribution >= 0.6 is 11.3 Å². The van der Waals surface area contributed by atoms with E-state index < -0.39 is 0 Å². The quantitative estimate of drug-likeness (QED) is 0.260. The number of amides is 1. The Balaban J connectivity index is 1.11. The van der Waals surface area contributed by atoms with Gasteiger partial charge in [0.15, 0.2) is 0 Å². The second-order valence-corrected chi connectivity index (χ2v) is 10.8. The first-order chi connectivity index (χ1) is 19.1. The van der Waals surface area contributed by atoms with Crippen LogP contribution in [0, 0.1) is 5.92 Å². The second kappa shape index (κ2) is 12.8. The Hall–Kier alpha value is -3.85. The molecule has 1 atom stereocenters. The molecule has 2 N–H and O–H groups in total. The Morgan fingerprint density at radius 2 is 1.77 bits per heavy atom. The molecule has 204 valence electrons. The van der Waals surface area contributed by atoms with E-state index in [0.717, 1.165) is 53.3 Å². The molecule has 1 saturated heterocycles. The van der Waals surface area contributed by atoms with Crippen LogP contribution in [0.3, 0.4) is 0 Å². The molecule has 0 unspecified atom stereocenters. The molecule has 8 nitrogen and oxygen atoms in total. The summed E-state index contributed by atoms with van der Waals surface area (Å²) < 4.78 is 7.60. The maximum Gasteiger partial charge on any atom is 0.223 e. The van der Waals surface area contributed by atoms with Crippen molar-refractivity contribution in [1.29, 1.82) is 0 Å². The van der Waals surface area contributed by atoms with E-state index in [0.29, 0.717) is 25.6 Å². The summed E-state index contributed by atoms with van der Waals surface area (Å²) in [6.07, 6.45) is 3.66. The summed E-state index contributed by atoms with van der Waals surface area (Å²) >= 11 is 1.58. The average Bonchev–Trinajstić information content (AvgIpc) is 3.66. The zero-order valence-corrected chi connectivity index (χ0v) is 23.4. The van der Waals surface area contributed by atoms with E-state index >= 15 is 0 Å². The summed E-state index contributed by atoms with van der Waals surface area (Å²) in [5.74, 6) is 1.37. The van der Waals surface area contributed by atoms with Gasteiger partial charge < -0.3 is 20.3 Å². The van der Waals surface area contributed by atoms with Gasteiger partial charge >= 0.3 is 0 Å². The lowest BCUT2D eigenvalue weighted by Crippen LogP contribution is -2.41. The van der Waals surface area contributed by atoms with Gasteiger partial charge in [-0.15, -0.1) is 10.2 Å². The molecule has 1 amide bonds. The number of hydrogen-bond donors (Lipinski definition) is 2. The smallest absolute Gasteiger partial charge is 0.223 e. The van der Waals surface area contributed by atoms with Crippen molar-refractivity contribution >= 4 is 28.1 Å². The molecule has 0 bridgehead atoms. The maximum atomic E-state index is 12.8. The summed E-state index contributed by atoms with van der Waals surface area (Å²) in [5.41, 5.74) is 3.38. The molecule has 1 fully saturated rings. The van der Waals surface area contributed by atoms with E-state index in [1.165, 1.54) is 5.56 Å². The molecule has 1 aliphatic heterocycles. The number of piperidine rings is 1. The third-order valence-corrected chi connectivity index (χ3v) is 8.15. The standard InChI is InChI=1S/C30H36N6O2S/c1-3-38-27-13-11-25(12-14-27)31-21-26-10-7-17-36(26)30-34-33-29(39-30)35-18-15-24(16-19-35)28(37)32-20-22(2)23-8-5-4-6-9-23/h4-14,17,22,24,31H,3,15-16,18-21H2,1-2H3,(H,32,37)/t22-/m0/s1.